The van der Waals surface area contributed by atoms with Crippen LogP contribution in [0, 0.1) is 20.8 Å². The average molecular weight is 251 g/mol. The summed E-state index contributed by atoms with van der Waals surface area (Å²) in [5.41, 5.74) is 9.15. The molecule has 0 aliphatic rings. The fourth-order valence-corrected chi connectivity index (χ4v) is 1.65. The molecular formula is C14H21NO3. The van der Waals surface area contributed by atoms with Gasteiger partial charge in [-0.2, -0.15) is 0 Å². The predicted molar refractivity (Wildman–Crippen MR) is 70.8 cm³/mol. The van der Waals surface area contributed by atoms with Crippen molar-refractivity contribution in [1.82, 2.24) is 0 Å². The van der Waals surface area contributed by atoms with E-state index in [-0.39, 0.29) is 0 Å². The zero-order valence-electron chi connectivity index (χ0n) is 11.4. The van der Waals surface area contributed by atoms with Gasteiger partial charge in [0.1, 0.15) is 11.8 Å². The van der Waals surface area contributed by atoms with Gasteiger partial charge < -0.3 is 15.2 Å². The van der Waals surface area contributed by atoms with Crippen LogP contribution in [-0.2, 0) is 9.53 Å². The molecule has 0 radical (unpaired) electrons. The lowest BCUT2D eigenvalue weighted by atomic mass is 10.1. The molecule has 0 saturated heterocycles. The van der Waals surface area contributed by atoms with Crippen molar-refractivity contribution < 1.29 is 14.3 Å². The number of carbonyl (C=O) groups excluding carboxylic acids is 1. The van der Waals surface area contributed by atoms with Crippen LogP contribution >= 0.6 is 0 Å². The molecule has 0 bridgehead atoms. The molecule has 1 aromatic rings. The molecule has 0 aliphatic carbocycles. The largest absolute Gasteiger partial charge is 0.493 e. The molecule has 2 N–H and O–H groups in total. The molecular weight excluding hydrogens is 230 g/mol. The SMILES string of the molecule is COC(=O)C(N)CCOc1cc(C)c(C)cc1C. The number of carbonyl (C=O) groups is 1. The van der Waals surface area contributed by atoms with E-state index < -0.39 is 12.0 Å². The highest BCUT2D eigenvalue weighted by Crippen LogP contribution is 2.22. The quantitative estimate of drug-likeness (QED) is 0.812. The van der Waals surface area contributed by atoms with Crippen molar-refractivity contribution >= 4 is 5.97 Å². The minimum absolute atomic E-state index is 0.402. The van der Waals surface area contributed by atoms with Crippen molar-refractivity contribution in [3.63, 3.8) is 0 Å². The van der Waals surface area contributed by atoms with Crippen LogP contribution in [0.1, 0.15) is 23.1 Å². The molecule has 1 rings (SSSR count). The summed E-state index contributed by atoms with van der Waals surface area (Å²) < 4.78 is 10.2. The van der Waals surface area contributed by atoms with Gasteiger partial charge in [-0.05, 0) is 43.5 Å². The fourth-order valence-electron chi connectivity index (χ4n) is 1.65. The molecule has 0 amide bonds. The molecule has 18 heavy (non-hydrogen) atoms. The molecule has 0 spiro atoms. The molecule has 0 aliphatic heterocycles. The van der Waals surface area contributed by atoms with E-state index in [0.717, 1.165) is 11.3 Å². The van der Waals surface area contributed by atoms with Crippen molar-refractivity contribution in [3.8, 4) is 5.75 Å². The first-order valence-corrected chi connectivity index (χ1v) is 5.99. The van der Waals surface area contributed by atoms with Crippen molar-refractivity contribution in [2.45, 2.75) is 33.2 Å². The molecule has 1 atom stereocenters. The second-order valence-electron chi connectivity index (χ2n) is 4.47. The first-order chi connectivity index (χ1) is 8.45. The summed E-state index contributed by atoms with van der Waals surface area (Å²) >= 11 is 0. The summed E-state index contributed by atoms with van der Waals surface area (Å²) in [7, 11) is 1.33. The maximum absolute atomic E-state index is 11.1. The van der Waals surface area contributed by atoms with Crippen LogP contribution in [-0.4, -0.2) is 25.7 Å². The zero-order valence-corrected chi connectivity index (χ0v) is 11.4. The zero-order chi connectivity index (χ0) is 13.7. The third kappa shape index (κ3) is 3.74. The Hall–Kier alpha value is -1.55. The first kappa shape index (κ1) is 14.5. The summed E-state index contributed by atoms with van der Waals surface area (Å²) in [5.74, 6) is 0.436. The van der Waals surface area contributed by atoms with Gasteiger partial charge in [-0.1, -0.05) is 6.07 Å². The van der Waals surface area contributed by atoms with Crippen molar-refractivity contribution in [3.05, 3.63) is 28.8 Å². The normalized spacial score (nSPS) is 12.1. The van der Waals surface area contributed by atoms with Gasteiger partial charge in [0.05, 0.1) is 13.7 Å². The number of aryl methyl sites for hydroxylation is 3. The number of nitrogens with two attached hydrogens (primary N) is 1. The van der Waals surface area contributed by atoms with Gasteiger partial charge in [0.25, 0.3) is 0 Å². The van der Waals surface area contributed by atoms with Crippen molar-refractivity contribution in [2.24, 2.45) is 5.73 Å². The van der Waals surface area contributed by atoms with Gasteiger partial charge in [0.2, 0.25) is 0 Å². The standard InChI is InChI=1S/C14H21NO3/c1-9-7-11(3)13(8-10(9)2)18-6-5-12(15)14(16)17-4/h7-8,12H,5-6,15H2,1-4H3. The van der Waals surface area contributed by atoms with Crippen molar-refractivity contribution in [1.29, 1.82) is 0 Å². The number of esters is 1. The molecule has 4 nitrogen and oxygen atoms in total. The van der Waals surface area contributed by atoms with Crippen LogP contribution in [0.4, 0.5) is 0 Å². The first-order valence-electron chi connectivity index (χ1n) is 5.99. The summed E-state index contributed by atoms with van der Waals surface area (Å²) in [5, 5.41) is 0. The van der Waals surface area contributed by atoms with E-state index in [4.69, 9.17) is 10.5 Å². The van der Waals surface area contributed by atoms with Gasteiger partial charge in [0, 0.05) is 6.42 Å². The highest BCUT2D eigenvalue weighted by molar-refractivity contribution is 5.75. The van der Waals surface area contributed by atoms with Gasteiger partial charge in [-0.3, -0.25) is 4.79 Å². The van der Waals surface area contributed by atoms with Crippen LogP contribution in [0.25, 0.3) is 0 Å². The molecule has 4 heteroatoms. The fraction of sp³-hybridized carbons (Fsp3) is 0.500. The summed E-state index contributed by atoms with van der Waals surface area (Å²) in [6.07, 6.45) is 0.443. The lowest BCUT2D eigenvalue weighted by Crippen LogP contribution is -2.33. The minimum atomic E-state index is -0.623. The Morgan fingerprint density at radius 2 is 1.83 bits per heavy atom. The monoisotopic (exact) mass is 251 g/mol. The molecule has 0 saturated carbocycles. The lowest BCUT2D eigenvalue weighted by Gasteiger charge is -2.13. The molecule has 1 unspecified atom stereocenters. The van der Waals surface area contributed by atoms with Crippen LogP contribution in [0.5, 0.6) is 5.75 Å². The van der Waals surface area contributed by atoms with E-state index in [1.807, 2.05) is 19.9 Å². The third-order valence-corrected chi connectivity index (χ3v) is 2.98. The number of ether oxygens (including phenoxy) is 2. The Bertz CT molecular complexity index is 429. The molecule has 0 aromatic heterocycles. The topological polar surface area (TPSA) is 61.5 Å². The number of rotatable bonds is 5. The summed E-state index contributed by atoms with van der Waals surface area (Å²) in [6, 6.07) is 3.47. The van der Waals surface area contributed by atoms with E-state index in [1.165, 1.54) is 18.2 Å². The smallest absolute Gasteiger partial charge is 0.322 e. The van der Waals surface area contributed by atoms with Crippen LogP contribution in [0.2, 0.25) is 0 Å². The Morgan fingerprint density at radius 3 is 2.44 bits per heavy atom. The predicted octanol–water partition coefficient (Wildman–Crippen LogP) is 1.88. The average Bonchev–Trinajstić information content (AvgIpc) is 2.34. The second-order valence-corrected chi connectivity index (χ2v) is 4.47. The van der Waals surface area contributed by atoms with Gasteiger partial charge in [-0.15, -0.1) is 0 Å². The minimum Gasteiger partial charge on any atom is -0.493 e. The van der Waals surface area contributed by atoms with E-state index in [0.29, 0.717) is 13.0 Å². The molecule has 0 heterocycles. The van der Waals surface area contributed by atoms with Crippen molar-refractivity contribution in [2.75, 3.05) is 13.7 Å². The molecule has 1 aromatic carbocycles. The van der Waals surface area contributed by atoms with Gasteiger partial charge >= 0.3 is 5.97 Å². The number of hydrogen-bond donors (Lipinski definition) is 1. The Balaban J connectivity index is 2.54. The number of methoxy groups -OCH3 is 1. The highest BCUT2D eigenvalue weighted by Gasteiger charge is 2.13. The Labute approximate surface area is 108 Å². The van der Waals surface area contributed by atoms with Crippen LogP contribution in [0.15, 0.2) is 12.1 Å². The van der Waals surface area contributed by atoms with Crippen LogP contribution in [0.3, 0.4) is 0 Å². The Kier molecular flexibility index (Phi) is 5.16. The molecule has 100 valence electrons. The van der Waals surface area contributed by atoms with Gasteiger partial charge in [0.15, 0.2) is 0 Å². The molecule has 0 fully saturated rings. The third-order valence-electron chi connectivity index (χ3n) is 2.98. The highest BCUT2D eigenvalue weighted by atomic mass is 16.5. The number of benzene rings is 1. The van der Waals surface area contributed by atoms with E-state index in [1.54, 1.807) is 0 Å². The van der Waals surface area contributed by atoms with Gasteiger partial charge in [-0.25, -0.2) is 0 Å². The van der Waals surface area contributed by atoms with E-state index in [9.17, 15) is 4.79 Å². The van der Waals surface area contributed by atoms with Crippen LogP contribution < -0.4 is 10.5 Å². The number of hydrogen-bond acceptors (Lipinski definition) is 4. The maximum Gasteiger partial charge on any atom is 0.322 e. The summed E-state index contributed by atoms with van der Waals surface area (Å²) in [4.78, 5) is 11.1. The summed E-state index contributed by atoms with van der Waals surface area (Å²) in [6.45, 7) is 6.52. The Morgan fingerprint density at radius 1 is 1.22 bits per heavy atom. The van der Waals surface area contributed by atoms with E-state index in [2.05, 4.69) is 17.7 Å². The lowest BCUT2D eigenvalue weighted by molar-refractivity contribution is -0.142. The second kappa shape index (κ2) is 6.40. The van der Waals surface area contributed by atoms with E-state index >= 15 is 0 Å². The maximum atomic E-state index is 11.1.